The topological polar surface area (TPSA) is 77.5 Å². The van der Waals surface area contributed by atoms with Crippen molar-refractivity contribution in [3.8, 4) is 0 Å². The molecule has 5 nitrogen and oxygen atoms in total. The molecule has 2 N–H and O–H groups in total. The van der Waals surface area contributed by atoms with Crippen molar-refractivity contribution in [2.24, 2.45) is 0 Å². The van der Waals surface area contributed by atoms with Gasteiger partial charge >= 0.3 is 0 Å². The summed E-state index contributed by atoms with van der Waals surface area (Å²) in [5, 5.41) is 0.610. The molecule has 88 valence electrons. The number of hydrogen-bond donors (Lipinski definition) is 1. The monoisotopic (exact) mass is 239 g/mol. The zero-order valence-corrected chi connectivity index (χ0v) is 9.33. The highest BCUT2D eigenvalue weighted by Crippen LogP contribution is 2.07. The summed E-state index contributed by atoms with van der Waals surface area (Å²) >= 11 is 0. The molecular weight excluding hydrogens is 230 g/mol. The maximum Gasteiger partial charge on any atom is 0.279 e. The second kappa shape index (κ2) is 3.66. The fraction of sp³-hybridized carbons (Fsp3) is 0. The number of aromatic nitrogens is 2. The molecular formula is C13H9N3O2. The summed E-state index contributed by atoms with van der Waals surface area (Å²) in [7, 11) is 0. The van der Waals surface area contributed by atoms with Crippen molar-refractivity contribution in [3.63, 3.8) is 0 Å². The molecule has 3 aromatic rings. The molecule has 2 heterocycles. The first-order valence-corrected chi connectivity index (χ1v) is 5.39. The summed E-state index contributed by atoms with van der Waals surface area (Å²) in [4.78, 5) is 28.2. The van der Waals surface area contributed by atoms with Gasteiger partial charge < -0.3 is 5.73 Å². The maximum atomic E-state index is 12.4. The summed E-state index contributed by atoms with van der Waals surface area (Å²) in [6, 6.07) is 11.4. The number of fused-ring (bicyclic) bond motifs is 2. The van der Waals surface area contributed by atoms with Crippen LogP contribution in [0.4, 0.5) is 5.82 Å². The number of nitrogens with zero attached hydrogens (tertiary/aromatic N) is 2. The molecule has 18 heavy (non-hydrogen) atoms. The first-order valence-electron chi connectivity index (χ1n) is 5.39. The van der Waals surface area contributed by atoms with Crippen molar-refractivity contribution >= 4 is 22.2 Å². The minimum Gasteiger partial charge on any atom is -0.385 e. The number of anilines is 1. The van der Waals surface area contributed by atoms with Crippen LogP contribution in [-0.4, -0.2) is 9.38 Å². The molecule has 0 aliphatic carbocycles. The molecule has 0 amide bonds. The van der Waals surface area contributed by atoms with Crippen LogP contribution in [0.15, 0.2) is 52.1 Å². The predicted molar refractivity (Wildman–Crippen MR) is 69.7 cm³/mol. The predicted octanol–water partition coefficient (Wildman–Crippen LogP) is 0.790. The van der Waals surface area contributed by atoms with E-state index in [0.29, 0.717) is 10.8 Å². The Balaban J connectivity index is 2.80. The summed E-state index contributed by atoms with van der Waals surface area (Å²) in [6.07, 6.45) is 0. The van der Waals surface area contributed by atoms with Gasteiger partial charge in [-0.25, -0.2) is 4.40 Å². The smallest absolute Gasteiger partial charge is 0.279 e. The molecule has 0 saturated carbocycles. The van der Waals surface area contributed by atoms with Crippen LogP contribution >= 0.6 is 0 Å². The van der Waals surface area contributed by atoms with Crippen LogP contribution in [0, 0.1) is 0 Å². The quantitative estimate of drug-likeness (QED) is 0.629. The zero-order valence-electron chi connectivity index (χ0n) is 9.33. The van der Waals surface area contributed by atoms with Crippen LogP contribution in [0.3, 0.4) is 0 Å². The highest BCUT2D eigenvalue weighted by atomic mass is 16.1. The van der Waals surface area contributed by atoms with Crippen molar-refractivity contribution in [2.45, 2.75) is 0 Å². The number of benzene rings is 1. The molecule has 0 atom stereocenters. The van der Waals surface area contributed by atoms with Crippen LogP contribution in [0.1, 0.15) is 0 Å². The molecule has 0 radical (unpaired) electrons. The Morgan fingerprint density at radius 1 is 0.944 bits per heavy atom. The molecule has 5 heteroatoms. The van der Waals surface area contributed by atoms with Crippen molar-refractivity contribution in [3.05, 3.63) is 63.2 Å². The van der Waals surface area contributed by atoms with Crippen molar-refractivity contribution in [1.29, 1.82) is 0 Å². The Labute approximate surface area is 101 Å². The van der Waals surface area contributed by atoms with Crippen LogP contribution in [0.2, 0.25) is 0 Å². The summed E-state index contributed by atoms with van der Waals surface area (Å²) < 4.78 is 1.24. The van der Waals surface area contributed by atoms with Gasteiger partial charge in [0.2, 0.25) is 0 Å². The summed E-state index contributed by atoms with van der Waals surface area (Å²) in [5.74, 6) is 0.255. The number of nitrogens with two attached hydrogens (primary N) is 1. The fourth-order valence-electron chi connectivity index (χ4n) is 1.96. The third-order valence-corrected chi connectivity index (χ3v) is 2.81. The van der Waals surface area contributed by atoms with Gasteiger partial charge in [0.1, 0.15) is 11.5 Å². The maximum absolute atomic E-state index is 12.4. The first kappa shape index (κ1) is 10.5. The highest BCUT2D eigenvalue weighted by Gasteiger charge is 2.06. The third-order valence-electron chi connectivity index (χ3n) is 2.81. The molecule has 0 bridgehead atoms. The zero-order chi connectivity index (χ0) is 12.7. The highest BCUT2D eigenvalue weighted by molar-refractivity contribution is 5.81. The molecule has 0 aliphatic heterocycles. The lowest BCUT2D eigenvalue weighted by molar-refractivity contribution is 1.10. The van der Waals surface area contributed by atoms with Crippen molar-refractivity contribution in [1.82, 2.24) is 9.38 Å². The van der Waals surface area contributed by atoms with Gasteiger partial charge in [0, 0.05) is 0 Å². The molecule has 1 aromatic carbocycles. The lowest BCUT2D eigenvalue weighted by Crippen LogP contribution is -2.14. The van der Waals surface area contributed by atoms with E-state index in [2.05, 4.69) is 4.98 Å². The van der Waals surface area contributed by atoms with Crippen LogP contribution in [0.5, 0.6) is 0 Å². The van der Waals surface area contributed by atoms with Crippen LogP contribution in [0.25, 0.3) is 16.4 Å². The van der Waals surface area contributed by atoms with Gasteiger partial charge in [-0.1, -0.05) is 18.2 Å². The normalized spacial score (nSPS) is 10.9. The summed E-state index contributed by atoms with van der Waals surface area (Å²) in [6.45, 7) is 0. The Morgan fingerprint density at radius 2 is 1.67 bits per heavy atom. The van der Waals surface area contributed by atoms with Gasteiger partial charge in [-0.15, -0.1) is 0 Å². The molecule has 0 spiro atoms. The van der Waals surface area contributed by atoms with Gasteiger partial charge in [0.05, 0.1) is 10.8 Å². The Kier molecular flexibility index (Phi) is 2.13. The van der Waals surface area contributed by atoms with E-state index in [1.165, 1.54) is 4.40 Å². The lowest BCUT2D eigenvalue weighted by Gasteiger charge is -1.98. The Hall–Kier alpha value is -2.69. The van der Waals surface area contributed by atoms with E-state index in [-0.39, 0.29) is 17.0 Å². The Bertz CT molecular complexity index is 884. The van der Waals surface area contributed by atoms with E-state index in [0.717, 1.165) is 0 Å². The van der Waals surface area contributed by atoms with Gasteiger partial charge in [0.15, 0.2) is 0 Å². The van der Waals surface area contributed by atoms with Gasteiger partial charge in [-0.05, 0) is 24.3 Å². The van der Waals surface area contributed by atoms with Gasteiger partial charge in [-0.2, -0.15) is 4.98 Å². The summed E-state index contributed by atoms with van der Waals surface area (Å²) in [5.41, 5.74) is 5.25. The number of pyridine rings is 1. The first-order chi connectivity index (χ1) is 8.68. The van der Waals surface area contributed by atoms with Crippen molar-refractivity contribution < 1.29 is 0 Å². The fourth-order valence-corrected chi connectivity index (χ4v) is 1.96. The van der Waals surface area contributed by atoms with Crippen LogP contribution in [-0.2, 0) is 0 Å². The molecule has 0 fully saturated rings. The second-order valence-electron chi connectivity index (χ2n) is 3.91. The Morgan fingerprint density at radius 3 is 2.44 bits per heavy atom. The standard InChI is InChI=1S/C13H9N3O2/c14-10-6-3-7-11-15-12(17)8-4-1-2-5-9(8)13(18)16(10)11/h1-7H,14H2. The van der Waals surface area contributed by atoms with Crippen molar-refractivity contribution in [2.75, 3.05) is 5.73 Å². The minimum atomic E-state index is -0.434. The van der Waals surface area contributed by atoms with E-state index in [1.54, 1.807) is 42.5 Å². The second-order valence-corrected chi connectivity index (χ2v) is 3.91. The van der Waals surface area contributed by atoms with E-state index < -0.39 is 5.56 Å². The SMILES string of the molecule is Nc1cccc2nc(=O)c3ccccc3c(=O)n12. The molecule has 3 rings (SSSR count). The average Bonchev–Trinajstić information content (AvgIpc) is 2.48. The largest absolute Gasteiger partial charge is 0.385 e. The average molecular weight is 239 g/mol. The molecule has 0 aliphatic rings. The van der Waals surface area contributed by atoms with E-state index in [1.807, 2.05) is 0 Å². The van der Waals surface area contributed by atoms with E-state index >= 15 is 0 Å². The number of rotatable bonds is 0. The molecule has 0 unspecified atom stereocenters. The van der Waals surface area contributed by atoms with Gasteiger partial charge in [0.25, 0.3) is 11.1 Å². The van der Waals surface area contributed by atoms with E-state index in [9.17, 15) is 9.59 Å². The van der Waals surface area contributed by atoms with Gasteiger partial charge in [-0.3, -0.25) is 9.59 Å². The number of nitrogen functional groups attached to an aromatic ring is 1. The number of hydrogen-bond acceptors (Lipinski definition) is 4. The van der Waals surface area contributed by atoms with Crippen LogP contribution < -0.4 is 16.9 Å². The lowest BCUT2D eigenvalue weighted by atomic mass is 10.2. The molecule has 2 aromatic heterocycles. The van der Waals surface area contributed by atoms with E-state index in [4.69, 9.17) is 5.73 Å². The molecule has 0 saturated heterocycles. The third kappa shape index (κ3) is 1.37. The minimum absolute atomic E-state index is 0.251.